The van der Waals surface area contributed by atoms with Gasteiger partial charge in [0.25, 0.3) is 5.56 Å². The van der Waals surface area contributed by atoms with Gasteiger partial charge < -0.3 is 14.2 Å². The largest absolute Gasteiger partial charge is 0.486 e. The zero-order valence-corrected chi connectivity index (χ0v) is 21.5. The molecule has 0 fully saturated rings. The van der Waals surface area contributed by atoms with Crippen LogP contribution in [-0.4, -0.2) is 22.7 Å². The van der Waals surface area contributed by atoms with E-state index >= 15 is 0 Å². The number of rotatable bonds is 6. The Bertz CT molecular complexity index is 1510. The number of aromatic nitrogens is 2. The van der Waals surface area contributed by atoms with Crippen molar-refractivity contribution in [1.82, 2.24) is 9.66 Å². The summed E-state index contributed by atoms with van der Waals surface area (Å²) in [6.07, 6.45) is 2.05. The summed E-state index contributed by atoms with van der Waals surface area (Å²) in [4.78, 5) is 17.6. The van der Waals surface area contributed by atoms with Gasteiger partial charge in [0.2, 0.25) is 6.79 Å². The maximum absolute atomic E-state index is 13.1. The Morgan fingerprint density at radius 2 is 1.89 bits per heavy atom. The molecule has 5 rings (SSSR count). The third-order valence-corrected chi connectivity index (χ3v) is 6.41. The summed E-state index contributed by atoms with van der Waals surface area (Å²) in [7, 11) is 0. The van der Waals surface area contributed by atoms with E-state index in [9.17, 15) is 4.79 Å². The van der Waals surface area contributed by atoms with E-state index in [1.807, 2.05) is 31.2 Å². The minimum atomic E-state index is -0.259. The van der Waals surface area contributed by atoms with E-state index in [2.05, 4.69) is 26.0 Å². The van der Waals surface area contributed by atoms with E-state index in [4.69, 9.17) is 37.4 Å². The molecule has 0 saturated carbocycles. The highest BCUT2D eigenvalue weighted by atomic mass is 79.9. The summed E-state index contributed by atoms with van der Waals surface area (Å²) >= 11 is 16.3. The smallest absolute Gasteiger partial charge is 0.282 e. The van der Waals surface area contributed by atoms with Crippen molar-refractivity contribution in [2.75, 3.05) is 6.79 Å². The van der Waals surface area contributed by atoms with Crippen molar-refractivity contribution in [2.24, 2.45) is 5.10 Å². The Hall–Kier alpha value is -3.07. The number of benzene rings is 3. The van der Waals surface area contributed by atoms with E-state index in [0.717, 1.165) is 10.0 Å². The van der Waals surface area contributed by atoms with Gasteiger partial charge >= 0.3 is 0 Å². The second kappa shape index (κ2) is 9.89. The minimum Gasteiger partial charge on any atom is -0.486 e. The van der Waals surface area contributed by atoms with Crippen molar-refractivity contribution < 1.29 is 14.2 Å². The number of ether oxygens (including phenoxy) is 3. The molecule has 3 aromatic carbocycles. The van der Waals surface area contributed by atoms with E-state index < -0.39 is 0 Å². The van der Waals surface area contributed by atoms with Crippen LogP contribution < -0.4 is 19.8 Å². The Kier molecular flexibility index (Phi) is 6.69. The molecule has 4 aromatic rings. The third-order valence-electron chi connectivity index (χ3n) is 5.35. The Morgan fingerprint density at radius 1 is 1.11 bits per heavy atom. The molecular weight excluding hydrogens is 557 g/mol. The molecule has 0 atom stereocenters. The second-order valence-corrected chi connectivity index (χ2v) is 9.42. The molecule has 178 valence electrons. The molecule has 0 aliphatic carbocycles. The fourth-order valence-electron chi connectivity index (χ4n) is 3.65. The first kappa shape index (κ1) is 23.7. The van der Waals surface area contributed by atoms with E-state index in [1.165, 1.54) is 10.9 Å². The molecule has 0 unspecified atom stereocenters. The van der Waals surface area contributed by atoms with Gasteiger partial charge in [-0.25, -0.2) is 4.98 Å². The first-order chi connectivity index (χ1) is 16.9. The second-order valence-electron chi connectivity index (χ2n) is 7.69. The molecule has 0 radical (unpaired) electrons. The van der Waals surface area contributed by atoms with Crippen LogP contribution in [0.15, 0.2) is 62.9 Å². The average molecular weight is 575 g/mol. The third kappa shape index (κ3) is 4.87. The topological polar surface area (TPSA) is 74.9 Å². The summed E-state index contributed by atoms with van der Waals surface area (Å²) in [5.41, 5.74) is 1.86. The molecule has 0 N–H and O–H groups in total. The summed E-state index contributed by atoms with van der Waals surface area (Å²) in [6, 6.07) is 14.3. The highest BCUT2D eigenvalue weighted by Crippen LogP contribution is 2.36. The fourth-order valence-corrected chi connectivity index (χ4v) is 4.62. The lowest BCUT2D eigenvalue weighted by atomic mass is 10.2. The molecule has 35 heavy (non-hydrogen) atoms. The van der Waals surface area contributed by atoms with Crippen LogP contribution in [0.25, 0.3) is 10.9 Å². The molecule has 0 bridgehead atoms. The number of fused-ring (bicyclic) bond motifs is 2. The van der Waals surface area contributed by atoms with Crippen LogP contribution in [-0.2, 0) is 13.0 Å². The molecule has 2 heterocycles. The molecule has 0 amide bonds. The fraction of sp³-hybridized carbons (Fsp3) is 0.160. The summed E-state index contributed by atoms with van der Waals surface area (Å²) < 4.78 is 18.7. The Morgan fingerprint density at radius 3 is 2.66 bits per heavy atom. The first-order valence-corrected chi connectivity index (χ1v) is 12.2. The zero-order valence-electron chi connectivity index (χ0n) is 18.4. The van der Waals surface area contributed by atoms with Gasteiger partial charge in [-0.3, -0.25) is 4.79 Å². The molecule has 1 aliphatic rings. The van der Waals surface area contributed by atoms with Crippen LogP contribution in [0.5, 0.6) is 17.2 Å². The first-order valence-electron chi connectivity index (χ1n) is 10.7. The summed E-state index contributed by atoms with van der Waals surface area (Å²) in [6.45, 7) is 2.37. The van der Waals surface area contributed by atoms with Gasteiger partial charge in [0.05, 0.1) is 27.2 Å². The maximum atomic E-state index is 13.1. The normalized spacial score (nSPS) is 12.6. The molecule has 0 saturated heterocycles. The van der Waals surface area contributed by atoms with E-state index in [0.29, 0.717) is 56.0 Å². The predicted molar refractivity (Wildman–Crippen MR) is 139 cm³/mol. The lowest BCUT2D eigenvalue weighted by molar-refractivity contribution is 0.174. The lowest BCUT2D eigenvalue weighted by Gasteiger charge is -2.11. The van der Waals surface area contributed by atoms with E-state index in [1.54, 1.807) is 24.3 Å². The molecule has 0 spiro atoms. The molecular formula is C25H18BrCl2N3O4. The van der Waals surface area contributed by atoms with Crippen molar-refractivity contribution in [2.45, 2.75) is 20.0 Å². The van der Waals surface area contributed by atoms with Crippen LogP contribution in [0.3, 0.4) is 0 Å². The molecule has 1 aliphatic heterocycles. The molecule has 7 nitrogen and oxygen atoms in total. The minimum absolute atomic E-state index is 0.207. The highest BCUT2D eigenvalue weighted by Gasteiger charge is 2.15. The Labute approximate surface area is 219 Å². The molecule has 1 aromatic heterocycles. The number of hydrogen-bond donors (Lipinski definition) is 0. The van der Waals surface area contributed by atoms with Crippen LogP contribution in [0.2, 0.25) is 10.0 Å². The van der Waals surface area contributed by atoms with Gasteiger partial charge in [-0.1, -0.05) is 52.1 Å². The number of halogens is 3. The van der Waals surface area contributed by atoms with Gasteiger partial charge in [-0.2, -0.15) is 9.78 Å². The van der Waals surface area contributed by atoms with E-state index in [-0.39, 0.29) is 19.0 Å². The van der Waals surface area contributed by atoms with Crippen LogP contribution in [0.4, 0.5) is 0 Å². The standard InChI is InChI=1S/C25H18BrCl2N3O4/c1-2-23-30-20-5-4-16(26)10-17(20)25(32)31(23)29-11-15-7-18(27)24(19(28)8-15)33-12-14-3-6-21-22(9-14)35-13-34-21/h3-11H,2,12-13H2,1H3. The van der Waals surface area contributed by atoms with Crippen molar-refractivity contribution in [3.05, 3.63) is 90.4 Å². The van der Waals surface area contributed by atoms with Gasteiger partial charge in [-0.05, 0) is 53.6 Å². The van der Waals surface area contributed by atoms with Crippen LogP contribution in [0, 0.1) is 0 Å². The number of nitrogens with zero attached hydrogens (tertiary/aromatic N) is 3. The number of aryl methyl sites for hydroxylation is 1. The maximum Gasteiger partial charge on any atom is 0.282 e. The average Bonchev–Trinajstić information content (AvgIpc) is 3.31. The Balaban J connectivity index is 1.40. The van der Waals surface area contributed by atoms with Crippen LogP contribution >= 0.6 is 39.1 Å². The van der Waals surface area contributed by atoms with Crippen molar-refractivity contribution >= 4 is 56.2 Å². The van der Waals surface area contributed by atoms with Crippen LogP contribution in [0.1, 0.15) is 23.9 Å². The lowest BCUT2D eigenvalue weighted by Crippen LogP contribution is -2.22. The van der Waals surface area contributed by atoms with Crippen molar-refractivity contribution in [3.63, 3.8) is 0 Å². The van der Waals surface area contributed by atoms with Gasteiger partial charge in [0.15, 0.2) is 17.2 Å². The van der Waals surface area contributed by atoms with Gasteiger partial charge in [0.1, 0.15) is 12.4 Å². The van der Waals surface area contributed by atoms with Crippen molar-refractivity contribution in [1.29, 1.82) is 0 Å². The number of hydrogen-bond acceptors (Lipinski definition) is 6. The quantitative estimate of drug-likeness (QED) is 0.256. The summed E-state index contributed by atoms with van der Waals surface area (Å²) in [5, 5.41) is 5.50. The predicted octanol–water partition coefficient (Wildman–Crippen LogP) is 6.22. The van der Waals surface area contributed by atoms with Crippen molar-refractivity contribution in [3.8, 4) is 17.2 Å². The molecule has 10 heteroatoms. The monoisotopic (exact) mass is 573 g/mol. The summed E-state index contributed by atoms with van der Waals surface area (Å²) in [5.74, 6) is 2.27. The van der Waals surface area contributed by atoms with Gasteiger partial charge in [0, 0.05) is 10.9 Å². The van der Waals surface area contributed by atoms with Gasteiger partial charge in [-0.15, -0.1) is 0 Å². The zero-order chi connectivity index (χ0) is 24.5. The highest BCUT2D eigenvalue weighted by molar-refractivity contribution is 9.10. The SMILES string of the molecule is CCc1nc2ccc(Br)cc2c(=O)n1N=Cc1cc(Cl)c(OCc2ccc3c(c2)OCO3)c(Cl)c1.